The fourth-order valence-electron chi connectivity index (χ4n) is 3.12. The standard InChI is InChI=1S/C21H19ClN2O5/c1-4-29-21(27)24-17-10-13(22)5-6-14(17)15(11-18(25)28-3)19(24)20(26)16-9-12(2)7-8-23-16/h5-10H,4,11H2,1-3H3. The van der Waals surface area contributed by atoms with Gasteiger partial charge in [0.15, 0.2) is 0 Å². The first-order valence-corrected chi connectivity index (χ1v) is 9.29. The summed E-state index contributed by atoms with van der Waals surface area (Å²) in [5, 5.41) is 0.904. The Balaban J connectivity index is 2.35. The summed E-state index contributed by atoms with van der Waals surface area (Å²) >= 11 is 6.13. The second-order valence-electron chi connectivity index (χ2n) is 6.32. The highest BCUT2D eigenvalue weighted by Crippen LogP contribution is 2.31. The Kier molecular flexibility index (Phi) is 5.98. The van der Waals surface area contributed by atoms with Gasteiger partial charge in [0.2, 0.25) is 5.78 Å². The zero-order valence-electron chi connectivity index (χ0n) is 16.2. The molecule has 0 aliphatic heterocycles. The highest BCUT2D eigenvalue weighted by atomic mass is 35.5. The molecule has 150 valence electrons. The number of rotatable bonds is 5. The van der Waals surface area contributed by atoms with Crippen LogP contribution >= 0.6 is 11.6 Å². The number of aromatic nitrogens is 2. The van der Waals surface area contributed by atoms with Gasteiger partial charge in [0.05, 0.1) is 25.7 Å². The smallest absolute Gasteiger partial charge is 0.419 e. The van der Waals surface area contributed by atoms with Crippen LogP contribution in [0.1, 0.15) is 34.2 Å². The van der Waals surface area contributed by atoms with E-state index in [0.29, 0.717) is 21.5 Å². The summed E-state index contributed by atoms with van der Waals surface area (Å²) in [5.41, 5.74) is 1.70. The summed E-state index contributed by atoms with van der Waals surface area (Å²) in [5.74, 6) is -1.05. The van der Waals surface area contributed by atoms with Crippen LogP contribution in [0.5, 0.6) is 0 Å². The van der Waals surface area contributed by atoms with Crippen LogP contribution in [0.2, 0.25) is 5.02 Å². The molecule has 8 heteroatoms. The van der Waals surface area contributed by atoms with E-state index in [0.717, 1.165) is 10.1 Å². The van der Waals surface area contributed by atoms with Crippen LogP contribution in [0.25, 0.3) is 10.9 Å². The van der Waals surface area contributed by atoms with Crippen molar-refractivity contribution in [1.29, 1.82) is 0 Å². The lowest BCUT2D eigenvalue weighted by molar-refractivity contribution is -0.139. The van der Waals surface area contributed by atoms with Crippen molar-refractivity contribution in [2.75, 3.05) is 13.7 Å². The lowest BCUT2D eigenvalue weighted by atomic mass is 10.0. The first-order valence-electron chi connectivity index (χ1n) is 8.91. The van der Waals surface area contributed by atoms with E-state index in [4.69, 9.17) is 21.1 Å². The van der Waals surface area contributed by atoms with Crippen molar-refractivity contribution in [1.82, 2.24) is 9.55 Å². The Labute approximate surface area is 172 Å². The minimum absolute atomic E-state index is 0.00390. The molecule has 0 fully saturated rings. The molecule has 0 aliphatic carbocycles. The number of carbonyl (C=O) groups is 3. The zero-order valence-corrected chi connectivity index (χ0v) is 16.9. The van der Waals surface area contributed by atoms with E-state index >= 15 is 0 Å². The van der Waals surface area contributed by atoms with Crippen molar-refractivity contribution < 1.29 is 23.9 Å². The Morgan fingerprint density at radius 3 is 2.59 bits per heavy atom. The number of halogens is 1. The van der Waals surface area contributed by atoms with Gasteiger partial charge in [-0.3, -0.25) is 14.6 Å². The monoisotopic (exact) mass is 414 g/mol. The predicted octanol–water partition coefficient (Wildman–Crippen LogP) is 3.95. The number of aryl methyl sites for hydroxylation is 1. The van der Waals surface area contributed by atoms with Gasteiger partial charge >= 0.3 is 12.1 Å². The molecule has 29 heavy (non-hydrogen) atoms. The number of fused-ring (bicyclic) bond motifs is 1. The molecule has 0 atom stereocenters. The van der Waals surface area contributed by atoms with Crippen molar-refractivity contribution in [2.45, 2.75) is 20.3 Å². The molecular formula is C21H19ClN2O5. The van der Waals surface area contributed by atoms with E-state index in [1.54, 1.807) is 37.3 Å². The van der Waals surface area contributed by atoms with E-state index in [2.05, 4.69) is 4.98 Å². The van der Waals surface area contributed by atoms with Gasteiger partial charge in [-0.1, -0.05) is 17.7 Å². The maximum Gasteiger partial charge on any atom is 0.419 e. The fraction of sp³-hybridized carbons (Fsp3) is 0.238. The SMILES string of the molecule is CCOC(=O)n1c(C(=O)c2cc(C)ccn2)c(CC(=O)OC)c2ccc(Cl)cc21. The third-order valence-corrected chi connectivity index (χ3v) is 4.63. The molecule has 0 bridgehead atoms. The maximum atomic E-state index is 13.4. The topological polar surface area (TPSA) is 87.5 Å². The first kappa shape index (κ1) is 20.5. The van der Waals surface area contributed by atoms with Crippen molar-refractivity contribution in [3.05, 3.63) is 64.1 Å². The lowest BCUT2D eigenvalue weighted by Gasteiger charge is -2.10. The van der Waals surface area contributed by atoms with Gasteiger partial charge in [-0.15, -0.1) is 0 Å². The number of hydrogen-bond acceptors (Lipinski definition) is 6. The molecule has 0 radical (unpaired) electrons. The molecule has 0 N–H and O–H groups in total. The van der Waals surface area contributed by atoms with Crippen LogP contribution < -0.4 is 0 Å². The molecule has 3 rings (SSSR count). The zero-order chi connectivity index (χ0) is 21.1. The molecule has 0 saturated carbocycles. The summed E-state index contributed by atoms with van der Waals surface area (Å²) in [7, 11) is 1.26. The highest BCUT2D eigenvalue weighted by Gasteiger charge is 2.29. The van der Waals surface area contributed by atoms with Crippen LogP contribution in [0.3, 0.4) is 0 Å². The Bertz CT molecular complexity index is 1120. The molecule has 2 aromatic heterocycles. The normalized spacial score (nSPS) is 10.8. The number of esters is 1. The van der Waals surface area contributed by atoms with Gasteiger partial charge in [-0.05, 0) is 43.7 Å². The van der Waals surface area contributed by atoms with E-state index in [1.807, 2.05) is 6.92 Å². The van der Waals surface area contributed by atoms with Crippen LogP contribution in [-0.4, -0.2) is 41.1 Å². The lowest BCUT2D eigenvalue weighted by Crippen LogP contribution is -2.21. The quantitative estimate of drug-likeness (QED) is 0.464. The largest absolute Gasteiger partial charge is 0.469 e. The van der Waals surface area contributed by atoms with Crippen molar-refractivity contribution in [2.24, 2.45) is 0 Å². The molecule has 0 spiro atoms. The molecule has 7 nitrogen and oxygen atoms in total. The van der Waals surface area contributed by atoms with E-state index in [-0.39, 0.29) is 24.4 Å². The van der Waals surface area contributed by atoms with Crippen LogP contribution in [0.15, 0.2) is 36.5 Å². The molecular weight excluding hydrogens is 396 g/mol. The van der Waals surface area contributed by atoms with Gasteiger partial charge in [-0.25, -0.2) is 9.36 Å². The molecule has 0 saturated heterocycles. The van der Waals surface area contributed by atoms with Crippen molar-refractivity contribution in [3.8, 4) is 0 Å². The number of ketones is 1. The number of ether oxygens (including phenoxy) is 2. The van der Waals surface area contributed by atoms with Gasteiger partial charge < -0.3 is 9.47 Å². The van der Waals surface area contributed by atoms with E-state index < -0.39 is 17.8 Å². The van der Waals surface area contributed by atoms with Crippen molar-refractivity contribution in [3.63, 3.8) is 0 Å². The summed E-state index contributed by atoms with van der Waals surface area (Å²) in [6.45, 7) is 3.60. The van der Waals surface area contributed by atoms with Crippen molar-refractivity contribution >= 4 is 40.3 Å². The Hall–Kier alpha value is -3.19. The Morgan fingerprint density at radius 1 is 1.17 bits per heavy atom. The number of nitrogens with zero attached hydrogens (tertiary/aromatic N) is 2. The van der Waals surface area contributed by atoms with Crippen LogP contribution in [0, 0.1) is 6.92 Å². The molecule has 0 amide bonds. The second-order valence-corrected chi connectivity index (χ2v) is 6.76. The van der Waals surface area contributed by atoms with Crippen LogP contribution in [0.4, 0.5) is 4.79 Å². The second kappa shape index (κ2) is 8.45. The van der Waals surface area contributed by atoms with E-state index in [9.17, 15) is 14.4 Å². The number of carbonyl (C=O) groups excluding carboxylic acids is 3. The predicted molar refractivity (Wildman–Crippen MR) is 107 cm³/mol. The summed E-state index contributed by atoms with van der Waals surface area (Å²) in [4.78, 5) is 42.4. The minimum Gasteiger partial charge on any atom is -0.469 e. The Morgan fingerprint density at radius 2 is 1.93 bits per heavy atom. The average Bonchev–Trinajstić information content (AvgIpc) is 3.00. The molecule has 1 aromatic carbocycles. The van der Waals surface area contributed by atoms with E-state index in [1.165, 1.54) is 13.3 Å². The van der Waals surface area contributed by atoms with Gasteiger partial charge in [-0.2, -0.15) is 0 Å². The minimum atomic E-state index is -0.744. The molecule has 3 aromatic rings. The highest BCUT2D eigenvalue weighted by molar-refractivity contribution is 6.31. The number of hydrogen-bond donors (Lipinski definition) is 0. The summed E-state index contributed by atoms with van der Waals surface area (Å²) < 4.78 is 11.1. The first-order chi connectivity index (χ1) is 13.9. The number of benzene rings is 1. The van der Waals surface area contributed by atoms with Gasteiger partial charge in [0, 0.05) is 22.2 Å². The van der Waals surface area contributed by atoms with Gasteiger partial charge in [0.25, 0.3) is 0 Å². The summed E-state index contributed by atoms with van der Waals surface area (Å²) in [6, 6.07) is 8.21. The maximum absolute atomic E-state index is 13.4. The van der Waals surface area contributed by atoms with Crippen LogP contribution in [-0.2, 0) is 20.7 Å². The number of pyridine rings is 1. The average molecular weight is 415 g/mol. The molecule has 0 unspecified atom stereocenters. The third-order valence-electron chi connectivity index (χ3n) is 4.40. The molecule has 2 heterocycles. The summed E-state index contributed by atoms with van der Waals surface area (Å²) in [6.07, 6.45) is 0.567. The molecule has 0 aliphatic rings. The third kappa shape index (κ3) is 4.00. The van der Waals surface area contributed by atoms with Gasteiger partial charge in [0.1, 0.15) is 11.4 Å². The number of methoxy groups -OCH3 is 1. The fourth-order valence-corrected chi connectivity index (χ4v) is 3.29.